The molecule has 4 heteroatoms. The second kappa shape index (κ2) is 3.45. The van der Waals surface area contributed by atoms with Crippen LogP contribution in [0.4, 0.5) is 0 Å². The first kappa shape index (κ1) is 9.09. The molecule has 2 aliphatic heterocycles. The summed E-state index contributed by atoms with van der Waals surface area (Å²) in [6, 6.07) is 0. The van der Waals surface area contributed by atoms with Crippen molar-refractivity contribution in [3.63, 3.8) is 0 Å². The smallest absolute Gasteiger partial charge is 0.158 e. The molecule has 1 N–H and O–H groups in total. The highest BCUT2D eigenvalue weighted by Gasteiger charge is 2.57. The van der Waals surface area contributed by atoms with E-state index >= 15 is 0 Å². The summed E-state index contributed by atoms with van der Waals surface area (Å²) in [5, 5.41) is 9.49. The predicted octanol–water partition coefficient (Wildman–Crippen LogP) is 0.430. The molecule has 2 heterocycles. The van der Waals surface area contributed by atoms with Gasteiger partial charge in [0.05, 0.1) is 12.2 Å². The van der Waals surface area contributed by atoms with E-state index < -0.39 is 0 Å². The SMILES string of the molecule is O[C@@H]1C[C@@H](OC2CCCCO2)[C@@H]2O[C@@H]21. The fraction of sp³-hybridized carbons (Fsp3) is 1.00. The van der Waals surface area contributed by atoms with Crippen LogP contribution in [0.5, 0.6) is 0 Å². The van der Waals surface area contributed by atoms with Gasteiger partial charge in [-0.05, 0) is 19.3 Å². The second-order valence-corrected chi connectivity index (χ2v) is 4.34. The normalized spacial score (nSPS) is 51.6. The Balaban J connectivity index is 1.52. The lowest BCUT2D eigenvalue weighted by molar-refractivity contribution is -0.194. The van der Waals surface area contributed by atoms with Crippen LogP contribution in [0.25, 0.3) is 0 Å². The van der Waals surface area contributed by atoms with Crippen LogP contribution in [-0.4, -0.2) is 42.4 Å². The minimum absolute atomic E-state index is 0.0450. The molecule has 1 unspecified atom stereocenters. The van der Waals surface area contributed by atoms with Gasteiger partial charge >= 0.3 is 0 Å². The maximum absolute atomic E-state index is 9.49. The van der Waals surface area contributed by atoms with Gasteiger partial charge in [-0.25, -0.2) is 0 Å². The van der Waals surface area contributed by atoms with Crippen LogP contribution in [0.3, 0.4) is 0 Å². The minimum atomic E-state index is -0.325. The molecule has 0 spiro atoms. The summed E-state index contributed by atoms with van der Waals surface area (Å²) in [6.45, 7) is 0.800. The van der Waals surface area contributed by atoms with Gasteiger partial charge < -0.3 is 19.3 Å². The molecule has 5 atom stereocenters. The third-order valence-corrected chi connectivity index (χ3v) is 3.25. The number of hydrogen-bond donors (Lipinski definition) is 1. The summed E-state index contributed by atoms with van der Waals surface area (Å²) >= 11 is 0. The summed E-state index contributed by atoms with van der Waals surface area (Å²) in [5.74, 6) is 0. The van der Waals surface area contributed by atoms with Crippen molar-refractivity contribution < 1.29 is 19.3 Å². The quantitative estimate of drug-likeness (QED) is 0.657. The number of rotatable bonds is 2. The maximum Gasteiger partial charge on any atom is 0.158 e. The minimum Gasteiger partial charge on any atom is -0.390 e. The molecule has 14 heavy (non-hydrogen) atoms. The number of fused-ring (bicyclic) bond motifs is 1. The van der Waals surface area contributed by atoms with E-state index in [1.807, 2.05) is 0 Å². The van der Waals surface area contributed by atoms with Gasteiger partial charge in [0, 0.05) is 13.0 Å². The highest BCUT2D eigenvalue weighted by Crippen LogP contribution is 2.41. The molecule has 80 valence electrons. The van der Waals surface area contributed by atoms with Crippen LogP contribution in [0, 0.1) is 0 Å². The van der Waals surface area contributed by atoms with E-state index in [0.29, 0.717) is 6.42 Å². The van der Waals surface area contributed by atoms with Crippen molar-refractivity contribution in [1.82, 2.24) is 0 Å². The van der Waals surface area contributed by atoms with Gasteiger partial charge in [0.15, 0.2) is 6.29 Å². The second-order valence-electron chi connectivity index (χ2n) is 4.34. The summed E-state index contributed by atoms with van der Waals surface area (Å²) in [5.41, 5.74) is 0. The van der Waals surface area contributed by atoms with Crippen LogP contribution in [-0.2, 0) is 14.2 Å². The molecule has 0 bridgehead atoms. The van der Waals surface area contributed by atoms with Crippen LogP contribution < -0.4 is 0 Å². The Kier molecular flexibility index (Phi) is 2.24. The molecule has 0 amide bonds. The zero-order chi connectivity index (χ0) is 9.54. The molecule has 0 aromatic carbocycles. The first-order valence-electron chi connectivity index (χ1n) is 5.45. The molecular formula is C10H16O4. The maximum atomic E-state index is 9.49. The van der Waals surface area contributed by atoms with E-state index in [1.165, 1.54) is 6.42 Å². The fourth-order valence-corrected chi connectivity index (χ4v) is 2.40. The molecule has 3 rings (SSSR count). The van der Waals surface area contributed by atoms with Gasteiger partial charge in [0.1, 0.15) is 12.2 Å². The third kappa shape index (κ3) is 1.56. The largest absolute Gasteiger partial charge is 0.390 e. The topological polar surface area (TPSA) is 51.2 Å². The zero-order valence-electron chi connectivity index (χ0n) is 8.09. The molecular weight excluding hydrogens is 184 g/mol. The molecule has 0 aromatic rings. The van der Waals surface area contributed by atoms with Crippen LogP contribution in [0.1, 0.15) is 25.7 Å². The first-order chi connectivity index (χ1) is 6.84. The lowest BCUT2D eigenvalue weighted by Crippen LogP contribution is -2.30. The van der Waals surface area contributed by atoms with Crippen molar-refractivity contribution in [3.05, 3.63) is 0 Å². The Morgan fingerprint density at radius 2 is 2.14 bits per heavy atom. The van der Waals surface area contributed by atoms with Gasteiger partial charge in [-0.3, -0.25) is 0 Å². The lowest BCUT2D eigenvalue weighted by Gasteiger charge is -2.26. The van der Waals surface area contributed by atoms with Gasteiger partial charge in [0.25, 0.3) is 0 Å². The van der Waals surface area contributed by atoms with Gasteiger partial charge in [-0.15, -0.1) is 0 Å². The average molecular weight is 200 g/mol. The van der Waals surface area contributed by atoms with Crippen molar-refractivity contribution in [2.75, 3.05) is 6.61 Å². The van der Waals surface area contributed by atoms with Gasteiger partial charge in [-0.2, -0.15) is 0 Å². The Hall–Kier alpha value is -0.160. The summed E-state index contributed by atoms with van der Waals surface area (Å²) in [7, 11) is 0. The van der Waals surface area contributed by atoms with Crippen molar-refractivity contribution in [3.8, 4) is 0 Å². The number of epoxide rings is 1. The van der Waals surface area contributed by atoms with Crippen LogP contribution in [0.15, 0.2) is 0 Å². The van der Waals surface area contributed by atoms with E-state index in [4.69, 9.17) is 14.2 Å². The standard InChI is InChI=1S/C10H16O4/c11-6-5-7(10-9(6)14-10)13-8-3-1-2-4-12-8/h6-11H,1-5H2/t6-,7-,8?,9-,10+/m1/s1. The van der Waals surface area contributed by atoms with Crippen molar-refractivity contribution in [2.45, 2.75) is 56.4 Å². The van der Waals surface area contributed by atoms with Gasteiger partial charge in [0.2, 0.25) is 0 Å². The summed E-state index contributed by atoms with van der Waals surface area (Å²) < 4.78 is 16.5. The number of hydrogen-bond acceptors (Lipinski definition) is 4. The van der Waals surface area contributed by atoms with Crippen LogP contribution in [0.2, 0.25) is 0 Å². The van der Waals surface area contributed by atoms with Crippen molar-refractivity contribution in [2.24, 2.45) is 0 Å². The lowest BCUT2D eigenvalue weighted by atomic mass is 10.2. The first-order valence-corrected chi connectivity index (χ1v) is 5.45. The summed E-state index contributed by atoms with van der Waals surface area (Å²) in [4.78, 5) is 0. The Labute approximate surface area is 83.1 Å². The Morgan fingerprint density at radius 1 is 1.21 bits per heavy atom. The van der Waals surface area contributed by atoms with Crippen molar-refractivity contribution >= 4 is 0 Å². The Bertz CT molecular complexity index is 214. The molecule has 1 aliphatic carbocycles. The van der Waals surface area contributed by atoms with Crippen molar-refractivity contribution in [1.29, 1.82) is 0 Å². The molecule has 3 aliphatic rings. The molecule has 0 aromatic heterocycles. The molecule has 1 saturated carbocycles. The average Bonchev–Trinajstić information content (AvgIpc) is 2.92. The molecule has 3 fully saturated rings. The van der Waals surface area contributed by atoms with E-state index in [-0.39, 0.29) is 30.7 Å². The van der Waals surface area contributed by atoms with E-state index in [9.17, 15) is 5.11 Å². The third-order valence-electron chi connectivity index (χ3n) is 3.25. The molecule has 0 radical (unpaired) electrons. The molecule has 4 nitrogen and oxygen atoms in total. The monoisotopic (exact) mass is 200 g/mol. The Morgan fingerprint density at radius 3 is 2.71 bits per heavy atom. The number of aliphatic hydroxyl groups excluding tert-OH is 1. The molecule has 2 saturated heterocycles. The summed E-state index contributed by atoms with van der Waals surface area (Å²) in [6.07, 6.45) is 3.83. The predicted molar refractivity (Wildman–Crippen MR) is 47.7 cm³/mol. The zero-order valence-corrected chi connectivity index (χ0v) is 8.09. The number of aliphatic hydroxyl groups is 1. The fourth-order valence-electron chi connectivity index (χ4n) is 2.40. The van der Waals surface area contributed by atoms with E-state index in [1.54, 1.807) is 0 Å². The number of ether oxygens (including phenoxy) is 3. The van der Waals surface area contributed by atoms with E-state index in [0.717, 1.165) is 19.4 Å². The highest BCUT2D eigenvalue weighted by atomic mass is 16.7. The highest BCUT2D eigenvalue weighted by molar-refractivity contribution is 5.04. The van der Waals surface area contributed by atoms with Gasteiger partial charge in [-0.1, -0.05) is 0 Å². The van der Waals surface area contributed by atoms with E-state index in [2.05, 4.69) is 0 Å². The van der Waals surface area contributed by atoms with Crippen LogP contribution >= 0.6 is 0 Å².